The minimum Gasteiger partial charge on any atom is -0.373 e. The fourth-order valence-corrected chi connectivity index (χ4v) is 5.54. The van der Waals surface area contributed by atoms with Crippen molar-refractivity contribution >= 4 is 22.1 Å². The maximum Gasteiger partial charge on any atom is 0.249 e. The molecule has 0 spiro atoms. The van der Waals surface area contributed by atoms with Gasteiger partial charge >= 0.3 is 0 Å². The highest BCUT2D eigenvalue weighted by Gasteiger charge is 2.49. The molecule has 2 bridgehead atoms. The predicted octanol–water partition coefficient (Wildman–Crippen LogP) is 4.12. The van der Waals surface area contributed by atoms with Gasteiger partial charge in [-0.1, -0.05) is 0 Å². The molecule has 2 N–H and O–H groups in total. The van der Waals surface area contributed by atoms with Gasteiger partial charge in [0.25, 0.3) is 0 Å². The molecule has 35 heavy (non-hydrogen) atoms. The number of aryl methyl sites for hydroxylation is 2. The Labute approximate surface area is 202 Å². The van der Waals surface area contributed by atoms with Crippen LogP contribution >= 0.6 is 0 Å². The lowest BCUT2D eigenvalue weighted by Gasteiger charge is -2.53. The van der Waals surface area contributed by atoms with E-state index in [1.54, 1.807) is 6.07 Å². The lowest BCUT2D eigenvalue weighted by Crippen LogP contribution is -2.61. The first kappa shape index (κ1) is 22.2. The second kappa shape index (κ2) is 8.46. The van der Waals surface area contributed by atoms with E-state index in [0.717, 1.165) is 54.4 Å². The summed E-state index contributed by atoms with van der Waals surface area (Å²) in [6.45, 7) is 3.16. The van der Waals surface area contributed by atoms with Gasteiger partial charge in [0.15, 0.2) is 0 Å². The molecule has 1 saturated carbocycles. The Morgan fingerprint density at radius 2 is 1.91 bits per heavy atom. The average Bonchev–Trinajstić information content (AvgIpc) is 2.88. The molecule has 180 valence electrons. The van der Waals surface area contributed by atoms with E-state index in [2.05, 4.69) is 25.3 Å². The third-order valence-corrected chi connectivity index (χ3v) is 7.79. The fraction of sp³-hybridized carbons (Fsp3) is 0.407. The van der Waals surface area contributed by atoms with Crippen LogP contribution in [0.4, 0.5) is 4.39 Å². The summed E-state index contributed by atoms with van der Waals surface area (Å²) in [5.74, 6) is -0.293. The molecule has 0 aromatic carbocycles. The minimum atomic E-state index is -0.293. The maximum absolute atomic E-state index is 14.7. The molecular weight excluding hydrogens is 445 g/mol. The molecule has 4 aromatic rings. The number of ether oxygens (including phenoxy) is 1. The molecule has 0 atom stereocenters. The molecule has 0 amide bonds. The first-order valence-corrected chi connectivity index (χ1v) is 12.2. The Hall–Kier alpha value is -3.23. The van der Waals surface area contributed by atoms with Crippen LogP contribution in [0, 0.1) is 12.7 Å². The number of H-pyrrole nitrogens is 1. The molecule has 4 aromatic heterocycles. The summed E-state index contributed by atoms with van der Waals surface area (Å²) in [5, 5.41) is 4.61. The number of hydrogen-bond donors (Lipinski definition) is 2. The minimum absolute atomic E-state index is 0.0736. The first-order valence-electron chi connectivity index (χ1n) is 12.2. The van der Waals surface area contributed by atoms with Gasteiger partial charge in [-0.2, -0.15) is 0 Å². The summed E-state index contributed by atoms with van der Waals surface area (Å²) in [4.78, 5) is 27.8. The van der Waals surface area contributed by atoms with Gasteiger partial charge in [-0.05, 0) is 75.8 Å². The van der Waals surface area contributed by atoms with Crippen LogP contribution in [0.1, 0.15) is 49.1 Å². The number of pyridine rings is 4. The van der Waals surface area contributed by atoms with E-state index in [1.165, 1.54) is 12.3 Å². The van der Waals surface area contributed by atoms with Crippen LogP contribution in [0.15, 0.2) is 47.4 Å². The molecule has 2 aliphatic heterocycles. The summed E-state index contributed by atoms with van der Waals surface area (Å²) in [5.41, 5.74) is 3.95. The zero-order valence-corrected chi connectivity index (χ0v) is 19.7. The molecule has 7 rings (SSSR count). The van der Waals surface area contributed by atoms with Crippen LogP contribution in [-0.4, -0.2) is 37.7 Å². The second-order valence-corrected chi connectivity index (χ2v) is 10.1. The van der Waals surface area contributed by atoms with Gasteiger partial charge < -0.3 is 15.0 Å². The first-order chi connectivity index (χ1) is 16.9. The summed E-state index contributed by atoms with van der Waals surface area (Å²) in [6.07, 6.45) is 6.56. The van der Waals surface area contributed by atoms with E-state index in [4.69, 9.17) is 4.74 Å². The van der Waals surface area contributed by atoms with E-state index >= 15 is 0 Å². The molecule has 3 aliphatic rings. The largest absolute Gasteiger partial charge is 0.373 e. The molecule has 8 heteroatoms. The summed E-state index contributed by atoms with van der Waals surface area (Å²) in [6, 6.07) is 11.1. The zero-order valence-electron chi connectivity index (χ0n) is 19.7. The van der Waals surface area contributed by atoms with Gasteiger partial charge in [0.05, 0.1) is 35.1 Å². The van der Waals surface area contributed by atoms with Crippen molar-refractivity contribution in [1.82, 2.24) is 25.3 Å². The number of nitrogens with zero attached hydrogens (tertiary/aromatic N) is 3. The van der Waals surface area contributed by atoms with E-state index < -0.39 is 0 Å². The molecule has 0 unspecified atom stereocenters. The number of aromatic amines is 1. The average molecular weight is 474 g/mol. The highest BCUT2D eigenvalue weighted by molar-refractivity contribution is 5.78. The second-order valence-electron chi connectivity index (χ2n) is 10.1. The molecule has 1 aliphatic carbocycles. The van der Waals surface area contributed by atoms with Crippen molar-refractivity contribution in [1.29, 1.82) is 0 Å². The Morgan fingerprint density at radius 1 is 1.09 bits per heavy atom. The number of fused-ring (bicyclic) bond motifs is 5. The van der Waals surface area contributed by atoms with Crippen molar-refractivity contribution in [2.24, 2.45) is 0 Å². The Balaban J connectivity index is 1.12. The number of hydrogen-bond acceptors (Lipinski definition) is 6. The van der Waals surface area contributed by atoms with Crippen molar-refractivity contribution in [2.75, 3.05) is 6.61 Å². The summed E-state index contributed by atoms with van der Waals surface area (Å²) < 4.78 is 21.2. The van der Waals surface area contributed by atoms with Gasteiger partial charge in [-0.25, -0.2) is 9.37 Å². The van der Waals surface area contributed by atoms with Gasteiger partial charge in [-0.3, -0.25) is 14.8 Å². The van der Waals surface area contributed by atoms with Crippen LogP contribution < -0.4 is 10.9 Å². The molecule has 7 nitrogen and oxygen atoms in total. The summed E-state index contributed by atoms with van der Waals surface area (Å²) >= 11 is 0. The van der Waals surface area contributed by atoms with Crippen LogP contribution in [0.25, 0.3) is 22.1 Å². The quantitative estimate of drug-likeness (QED) is 0.438. The fourth-order valence-electron chi connectivity index (χ4n) is 5.54. The van der Waals surface area contributed by atoms with Crippen LogP contribution in [0.3, 0.4) is 0 Å². The third kappa shape index (κ3) is 4.21. The Kier molecular flexibility index (Phi) is 5.38. The van der Waals surface area contributed by atoms with Crippen LogP contribution in [0.5, 0.6) is 0 Å². The lowest BCUT2D eigenvalue weighted by molar-refractivity contribution is -0.165. The molecule has 2 saturated heterocycles. The van der Waals surface area contributed by atoms with Crippen LogP contribution in [-0.2, 0) is 17.7 Å². The zero-order chi connectivity index (χ0) is 24.0. The number of halogens is 1. The smallest absolute Gasteiger partial charge is 0.249 e. The predicted molar refractivity (Wildman–Crippen MR) is 132 cm³/mol. The van der Waals surface area contributed by atoms with Gasteiger partial charge in [0, 0.05) is 34.8 Å². The van der Waals surface area contributed by atoms with E-state index in [-0.39, 0.29) is 22.5 Å². The van der Waals surface area contributed by atoms with E-state index in [1.807, 2.05) is 31.2 Å². The van der Waals surface area contributed by atoms with Crippen molar-refractivity contribution in [2.45, 2.75) is 63.1 Å². The van der Waals surface area contributed by atoms with Gasteiger partial charge in [0.1, 0.15) is 11.5 Å². The van der Waals surface area contributed by atoms with Crippen molar-refractivity contribution < 1.29 is 9.13 Å². The lowest BCUT2D eigenvalue weighted by atomic mass is 9.69. The molecule has 0 radical (unpaired) electrons. The van der Waals surface area contributed by atoms with Crippen molar-refractivity contribution in [3.63, 3.8) is 0 Å². The van der Waals surface area contributed by atoms with Gasteiger partial charge in [-0.15, -0.1) is 0 Å². The number of rotatable bonds is 6. The van der Waals surface area contributed by atoms with E-state index in [9.17, 15) is 9.18 Å². The Morgan fingerprint density at radius 3 is 2.71 bits per heavy atom. The molecule has 6 heterocycles. The number of nitrogens with one attached hydrogen (secondary N) is 2. The molecular formula is C27H28FN5O2. The monoisotopic (exact) mass is 473 g/mol. The van der Waals surface area contributed by atoms with E-state index in [0.29, 0.717) is 36.3 Å². The van der Waals surface area contributed by atoms with Crippen molar-refractivity contribution in [3.8, 4) is 0 Å². The molecule has 3 fully saturated rings. The number of aromatic nitrogens is 4. The third-order valence-electron chi connectivity index (χ3n) is 7.79. The summed E-state index contributed by atoms with van der Waals surface area (Å²) in [7, 11) is 0. The van der Waals surface area contributed by atoms with Gasteiger partial charge in [0.2, 0.25) is 5.56 Å². The topological polar surface area (TPSA) is 92.8 Å². The highest BCUT2D eigenvalue weighted by atomic mass is 19.1. The van der Waals surface area contributed by atoms with Crippen molar-refractivity contribution in [3.05, 3.63) is 75.7 Å². The van der Waals surface area contributed by atoms with Crippen LogP contribution in [0.2, 0.25) is 0 Å². The Bertz CT molecular complexity index is 1450. The maximum atomic E-state index is 14.7. The highest BCUT2D eigenvalue weighted by Crippen LogP contribution is 2.46. The normalized spacial score (nSPS) is 23.8. The standard InChI is InChI=1S/C27H28FN5O2/c1-17-2-6-22-24(31-17)20(21(28)15-29-22)8-9-27-12-10-26(11-13-27,16-35-27)30-14-19-5-3-18-4-7-23(34)33-25(18)32-19/h2-7,15,30H,8-14,16H2,1H3,(H,32,33,34). The SMILES string of the molecule is Cc1ccc2ncc(F)c(CCC34CCC(NCc5ccc6ccc(=O)[nH]c6n5)(CC3)CO4)c2n1.